The smallest absolute Gasteiger partial charge is 0.273 e. The first-order chi connectivity index (χ1) is 9.27. The Hall–Kier alpha value is -1.88. The number of carbonyl (C=O) groups excluding carboxylic acids is 1. The Kier molecular flexibility index (Phi) is 3.21. The van der Waals surface area contributed by atoms with Crippen LogP contribution >= 0.6 is 0 Å². The number of amides is 1. The first kappa shape index (κ1) is 12.2. The van der Waals surface area contributed by atoms with Crippen molar-refractivity contribution in [3.05, 3.63) is 30.3 Å². The number of rotatable bonds is 2. The molecule has 1 amide bonds. The summed E-state index contributed by atoms with van der Waals surface area (Å²) in [4.78, 5) is 17.6. The molecule has 5 heteroatoms. The van der Waals surface area contributed by atoms with Crippen molar-refractivity contribution in [3.8, 4) is 0 Å². The van der Waals surface area contributed by atoms with Crippen LogP contribution in [0.2, 0.25) is 0 Å². The number of para-hydroxylation sites is 1. The van der Waals surface area contributed by atoms with Crippen LogP contribution in [0, 0.1) is 0 Å². The van der Waals surface area contributed by atoms with E-state index in [4.69, 9.17) is 4.84 Å². The predicted molar refractivity (Wildman–Crippen MR) is 73.0 cm³/mol. The molecular formula is C14H17N3O2. The minimum absolute atomic E-state index is 0.173. The highest BCUT2D eigenvalue weighted by molar-refractivity contribution is 6.43. The Morgan fingerprint density at radius 1 is 1.37 bits per heavy atom. The molecule has 1 aromatic rings. The van der Waals surface area contributed by atoms with E-state index >= 15 is 0 Å². The molecule has 1 atom stereocenters. The summed E-state index contributed by atoms with van der Waals surface area (Å²) in [5, 5.41) is 10.1. The quantitative estimate of drug-likeness (QED) is 0.846. The standard InChI is InChI=1S/C14H17N3O2/c18-13(16-11-5-2-1-3-6-11)12-9-14(19-17-12)7-4-8-15-10-14/h1-3,5-6,15H,4,7-10H2,(H,16,18)/t14-/m1/s1. The van der Waals surface area contributed by atoms with Gasteiger partial charge in [0.2, 0.25) is 0 Å². The maximum absolute atomic E-state index is 12.1. The fourth-order valence-electron chi connectivity index (χ4n) is 2.54. The van der Waals surface area contributed by atoms with Crippen LogP contribution in [0.15, 0.2) is 35.5 Å². The van der Waals surface area contributed by atoms with Crippen LogP contribution in [0.3, 0.4) is 0 Å². The molecule has 1 aromatic carbocycles. The number of carbonyl (C=O) groups is 1. The van der Waals surface area contributed by atoms with E-state index in [9.17, 15) is 4.79 Å². The van der Waals surface area contributed by atoms with Crippen molar-refractivity contribution in [2.24, 2.45) is 5.16 Å². The molecule has 2 N–H and O–H groups in total. The molecule has 0 radical (unpaired) electrons. The number of piperidine rings is 1. The van der Waals surface area contributed by atoms with Crippen molar-refractivity contribution in [2.45, 2.75) is 24.9 Å². The van der Waals surface area contributed by atoms with Crippen LogP contribution in [0.4, 0.5) is 5.69 Å². The van der Waals surface area contributed by atoms with Gasteiger partial charge in [-0.2, -0.15) is 0 Å². The molecule has 0 unspecified atom stereocenters. The third kappa shape index (κ3) is 2.61. The number of nitrogens with one attached hydrogen (secondary N) is 2. The summed E-state index contributed by atoms with van der Waals surface area (Å²) in [5.74, 6) is -0.173. The molecule has 0 saturated carbocycles. The number of benzene rings is 1. The molecule has 1 spiro atoms. The molecule has 1 saturated heterocycles. The summed E-state index contributed by atoms with van der Waals surface area (Å²) in [7, 11) is 0. The van der Waals surface area contributed by atoms with Crippen molar-refractivity contribution >= 4 is 17.3 Å². The average Bonchev–Trinajstić information content (AvgIpc) is 2.85. The molecule has 19 heavy (non-hydrogen) atoms. The number of anilines is 1. The SMILES string of the molecule is O=C(Nc1ccccc1)C1=NO[C@]2(CCCNC2)C1. The summed E-state index contributed by atoms with van der Waals surface area (Å²) >= 11 is 0. The molecule has 2 heterocycles. The van der Waals surface area contributed by atoms with E-state index in [2.05, 4.69) is 15.8 Å². The summed E-state index contributed by atoms with van der Waals surface area (Å²) in [6.07, 6.45) is 2.59. The average molecular weight is 259 g/mol. The van der Waals surface area contributed by atoms with Gasteiger partial charge in [-0.05, 0) is 31.5 Å². The lowest BCUT2D eigenvalue weighted by Gasteiger charge is -2.30. The minimum atomic E-state index is -0.304. The first-order valence-electron chi connectivity index (χ1n) is 6.60. The summed E-state index contributed by atoms with van der Waals surface area (Å²) in [6, 6.07) is 9.39. The van der Waals surface area contributed by atoms with E-state index in [0.29, 0.717) is 12.1 Å². The topological polar surface area (TPSA) is 62.7 Å². The van der Waals surface area contributed by atoms with Gasteiger partial charge in [-0.15, -0.1) is 0 Å². The van der Waals surface area contributed by atoms with Crippen LogP contribution in [-0.4, -0.2) is 30.3 Å². The Morgan fingerprint density at radius 2 is 2.21 bits per heavy atom. The normalized spacial score (nSPS) is 25.8. The highest BCUT2D eigenvalue weighted by atomic mass is 16.7. The largest absolute Gasteiger partial charge is 0.387 e. The fraction of sp³-hybridized carbons (Fsp3) is 0.429. The second-order valence-corrected chi connectivity index (χ2v) is 5.09. The molecule has 3 rings (SSSR count). The summed E-state index contributed by atoms with van der Waals surface area (Å²) in [5.41, 5.74) is 0.951. The number of hydrogen-bond acceptors (Lipinski definition) is 4. The zero-order valence-electron chi connectivity index (χ0n) is 10.7. The predicted octanol–water partition coefficient (Wildman–Crippen LogP) is 1.52. The maximum Gasteiger partial charge on any atom is 0.273 e. The monoisotopic (exact) mass is 259 g/mol. The Bertz CT molecular complexity index is 493. The van der Waals surface area contributed by atoms with Gasteiger partial charge in [-0.3, -0.25) is 4.79 Å². The summed E-state index contributed by atoms with van der Waals surface area (Å²) < 4.78 is 0. The van der Waals surface area contributed by atoms with Crippen molar-refractivity contribution < 1.29 is 9.63 Å². The van der Waals surface area contributed by atoms with Gasteiger partial charge in [-0.25, -0.2) is 0 Å². The third-order valence-corrected chi connectivity index (χ3v) is 3.57. The van der Waals surface area contributed by atoms with E-state index in [1.54, 1.807) is 0 Å². The Balaban J connectivity index is 1.63. The number of oxime groups is 1. The molecule has 0 aromatic heterocycles. The van der Waals surface area contributed by atoms with E-state index in [-0.39, 0.29) is 11.5 Å². The van der Waals surface area contributed by atoms with E-state index in [0.717, 1.165) is 31.6 Å². The first-order valence-corrected chi connectivity index (χ1v) is 6.60. The maximum atomic E-state index is 12.1. The summed E-state index contributed by atoms with van der Waals surface area (Å²) in [6.45, 7) is 1.77. The van der Waals surface area contributed by atoms with E-state index in [1.807, 2.05) is 30.3 Å². The van der Waals surface area contributed by atoms with Crippen molar-refractivity contribution in [1.82, 2.24) is 5.32 Å². The van der Waals surface area contributed by atoms with Crippen molar-refractivity contribution in [1.29, 1.82) is 0 Å². The van der Waals surface area contributed by atoms with Gasteiger partial charge in [0.15, 0.2) is 5.60 Å². The highest BCUT2D eigenvalue weighted by Crippen LogP contribution is 2.30. The van der Waals surface area contributed by atoms with Crippen LogP contribution in [0.5, 0.6) is 0 Å². The molecule has 2 aliphatic rings. The Labute approximate surface area is 112 Å². The van der Waals surface area contributed by atoms with Crippen molar-refractivity contribution in [3.63, 3.8) is 0 Å². The molecule has 0 aliphatic carbocycles. The Morgan fingerprint density at radius 3 is 2.95 bits per heavy atom. The van der Waals surface area contributed by atoms with Gasteiger partial charge in [0.25, 0.3) is 5.91 Å². The van der Waals surface area contributed by atoms with Gasteiger partial charge in [-0.1, -0.05) is 23.4 Å². The second-order valence-electron chi connectivity index (χ2n) is 5.09. The van der Waals surface area contributed by atoms with Gasteiger partial charge in [0.05, 0.1) is 0 Å². The fourth-order valence-corrected chi connectivity index (χ4v) is 2.54. The molecule has 5 nitrogen and oxygen atoms in total. The zero-order chi connectivity index (χ0) is 13.1. The van der Waals surface area contributed by atoms with Crippen LogP contribution in [0.25, 0.3) is 0 Å². The second kappa shape index (κ2) is 5.01. The third-order valence-electron chi connectivity index (χ3n) is 3.57. The van der Waals surface area contributed by atoms with Crippen molar-refractivity contribution in [2.75, 3.05) is 18.4 Å². The number of hydrogen-bond donors (Lipinski definition) is 2. The molecule has 1 fully saturated rings. The van der Waals surface area contributed by atoms with Gasteiger partial charge < -0.3 is 15.5 Å². The van der Waals surface area contributed by atoms with Gasteiger partial charge in [0.1, 0.15) is 5.71 Å². The molecule has 100 valence electrons. The van der Waals surface area contributed by atoms with E-state index in [1.165, 1.54) is 0 Å². The lowest BCUT2D eigenvalue weighted by atomic mass is 9.89. The van der Waals surface area contributed by atoms with Crippen LogP contribution in [-0.2, 0) is 9.63 Å². The minimum Gasteiger partial charge on any atom is -0.387 e. The molecule has 2 aliphatic heterocycles. The van der Waals surface area contributed by atoms with Crippen LogP contribution < -0.4 is 10.6 Å². The van der Waals surface area contributed by atoms with E-state index < -0.39 is 0 Å². The molecular weight excluding hydrogens is 242 g/mol. The zero-order valence-corrected chi connectivity index (χ0v) is 10.7. The van der Waals surface area contributed by atoms with Gasteiger partial charge >= 0.3 is 0 Å². The highest BCUT2D eigenvalue weighted by Gasteiger charge is 2.42. The lowest BCUT2D eigenvalue weighted by Crippen LogP contribution is -2.46. The number of nitrogens with zero attached hydrogens (tertiary/aromatic N) is 1. The molecule has 0 bridgehead atoms. The van der Waals surface area contributed by atoms with Gasteiger partial charge in [0, 0.05) is 18.7 Å². The van der Waals surface area contributed by atoms with Crippen LogP contribution in [0.1, 0.15) is 19.3 Å². The lowest BCUT2D eigenvalue weighted by molar-refractivity contribution is -0.110.